The monoisotopic (exact) mass is 262 g/mol. The molecule has 64 valence electrons. The van der Waals surface area contributed by atoms with Crippen LogP contribution in [-0.4, -0.2) is 0 Å². The first-order valence-electron chi connectivity index (χ1n) is 1.30. The Balaban J connectivity index is -0.00000000655. The largest absolute Gasteiger partial charge is 6.00 e. The van der Waals surface area contributed by atoms with Crippen molar-refractivity contribution in [1.29, 1.82) is 26.3 Å². The summed E-state index contributed by atoms with van der Waals surface area (Å²) in [6.45, 7) is 23.8. The molecule has 0 aliphatic carbocycles. The van der Waals surface area contributed by atoms with Crippen LogP contribution in [0.15, 0.2) is 0 Å². The third kappa shape index (κ3) is 105. The fourth-order valence-electron chi connectivity index (χ4n) is 0. The van der Waals surface area contributed by atoms with Crippen LogP contribution in [0.3, 0.4) is 0 Å². The van der Waals surface area contributed by atoms with E-state index in [-0.39, 0.29) is 19.5 Å². The van der Waals surface area contributed by atoms with Crippen LogP contribution in [0.4, 0.5) is 0 Å². The Hall–Kier alpha value is -2.33. The smallest absolute Gasteiger partial charge is 0.577 e. The van der Waals surface area contributed by atoms with Crippen molar-refractivity contribution in [2.75, 3.05) is 0 Å². The molecule has 0 aromatic rings. The molecule has 0 radical (unpaired) electrons. The number of nitrogens with zero attached hydrogens (tertiary/aromatic N) is 6. The summed E-state index contributed by atoms with van der Waals surface area (Å²) in [6, 6.07) is 0. The van der Waals surface area contributed by atoms with E-state index in [1.165, 1.54) is 0 Å². The molecule has 0 bridgehead atoms. The van der Waals surface area contributed by atoms with Gasteiger partial charge in [-0.25, -0.2) is 0 Å². The van der Waals surface area contributed by atoms with Crippen LogP contribution < -0.4 is 0 Å². The van der Waals surface area contributed by atoms with Gasteiger partial charge in [0.25, 0.3) is 0 Å². The van der Waals surface area contributed by atoms with Crippen LogP contribution in [0, 0.1) is 64.1 Å². The molecule has 8 heteroatoms. The number of rotatable bonds is 0. The summed E-state index contributed by atoms with van der Waals surface area (Å²) in [5.74, 6) is 0. The van der Waals surface area contributed by atoms with E-state index in [2.05, 4.69) is 0 Å². The van der Waals surface area contributed by atoms with Crippen LogP contribution >= 0.6 is 0 Å². The minimum absolute atomic E-state index is 0. The third-order valence-corrected chi connectivity index (χ3v) is 0. The molecule has 0 spiro atoms. The second kappa shape index (κ2) is 134. The maximum atomic E-state index is 7.25. The molecule has 0 aromatic heterocycles. The predicted octanol–water partition coefficient (Wildman–Crippen LogP) is 0.802. The standard InChI is InChI=1S/5CN.NO.Ru/c6*1-2;/q6*-1;+6. The summed E-state index contributed by atoms with van der Waals surface area (Å²) < 4.78 is 0. The van der Waals surface area contributed by atoms with E-state index in [9.17, 15) is 0 Å². The quantitative estimate of drug-likeness (QED) is 0.463. The first-order valence-corrected chi connectivity index (χ1v) is 1.30. The number of nitroso groups, excluding NO2 is 1. The normalized spacial score (nSPS) is 1.08. The zero-order chi connectivity index (χ0) is 12.0. The Bertz CT molecular complexity index is 90.4. The molecule has 0 amide bonds. The van der Waals surface area contributed by atoms with Crippen LogP contribution in [0.5, 0.6) is 0 Å². The Morgan fingerprint density at radius 1 is 0.538 bits per heavy atom. The van der Waals surface area contributed by atoms with Gasteiger partial charge in [-0.2, -0.15) is 0 Å². The molecule has 0 aliphatic heterocycles. The van der Waals surface area contributed by atoms with Crippen molar-refractivity contribution in [2.45, 2.75) is 0 Å². The molecule has 0 unspecified atom stereocenters. The Morgan fingerprint density at radius 3 is 0.538 bits per heavy atom. The second-order valence-electron chi connectivity index (χ2n) is 0. The first-order chi connectivity index (χ1) is 6.00. The average molecular weight is 261 g/mol. The fourth-order valence-corrected chi connectivity index (χ4v) is 0. The van der Waals surface area contributed by atoms with Crippen molar-refractivity contribution in [2.24, 2.45) is 0 Å². The minimum atomic E-state index is 0. The van der Waals surface area contributed by atoms with Crippen molar-refractivity contribution in [3.05, 3.63) is 43.4 Å². The van der Waals surface area contributed by atoms with E-state index in [0.717, 1.165) is 0 Å². The van der Waals surface area contributed by atoms with Gasteiger partial charge in [-0.3, -0.25) is 0 Å². The number of hydrogen-bond acceptors (Lipinski definition) is 6. The van der Waals surface area contributed by atoms with Crippen LogP contribution in [0.2, 0.25) is 0 Å². The molecule has 0 heterocycles. The van der Waals surface area contributed by atoms with E-state index in [1.807, 2.05) is 0 Å². The summed E-state index contributed by atoms with van der Waals surface area (Å²) in [5, 5.41) is 31.2. The molecular formula is C5N6ORu. The topological polar surface area (TPSA) is 158 Å². The van der Waals surface area contributed by atoms with Gasteiger partial charge in [-0.05, 0) is 0 Å². The first kappa shape index (κ1) is 74.0. The molecule has 0 N–H and O–H groups in total. The van der Waals surface area contributed by atoms with E-state index in [4.69, 9.17) is 69.7 Å². The molecule has 0 rings (SSSR count). The average Bonchev–Trinajstić information content (AvgIpc) is 2.33. The van der Waals surface area contributed by atoms with Gasteiger partial charge in [0.2, 0.25) is 0 Å². The molecule has 0 aliphatic rings. The molecular weight excluding hydrogens is 261 g/mol. The van der Waals surface area contributed by atoms with Gasteiger partial charge in [0, 0.05) is 0 Å². The van der Waals surface area contributed by atoms with E-state index in [0.29, 0.717) is 0 Å². The maximum Gasteiger partial charge on any atom is 6.00 e. The summed E-state index contributed by atoms with van der Waals surface area (Å²) >= 11 is 0. The van der Waals surface area contributed by atoms with Gasteiger partial charge in [-0.15, -0.1) is 0 Å². The SMILES string of the molecule is [C-]#N.[C-]#N.[C-]#N.[C-]#N.[C-]#N.[N-]=O.[Ru+6]. The van der Waals surface area contributed by atoms with Crippen molar-refractivity contribution < 1.29 is 19.5 Å². The summed E-state index contributed by atoms with van der Waals surface area (Å²) in [7, 11) is 0. The summed E-state index contributed by atoms with van der Waals surface area (Å²) in [6.07, 6.45) is 0. The van der Waals surface area contributed by atoms with Crippen LogP contribution in [-0.2, 0) is 19.5 Å². The van der Waals surface area contributed by atoms with Crippen molar-refractivity contribution in [3.63, 3.8) is 0 Å². The maximum absolute atomic E-state index is 7.25. The van der Waals surface area contributed by atoms with Crippen molar-refractivity contribution in [1.82, 2.24) is 0 Å². The van der Waals surface area contributed by atoms with Crippen LogP contribution in [0.1, 0.15) is 0 Å². The third-order valence-electron chi connectivity index (χ3n) is 0. The zero-order valence-electron chi connectivity index (χ0n) is 5.95. The van der Waals surface area contributed by atoms with Gasteiger partial charge < -0.3 is 69.7 Å². The van der Waals surface area contributed by atoms with Crippen LogP contribution in [0.25, 0.3) is 5.59 Å². The molecule has 7 nitrogen and oxygen atoms in total. The van der Waals surface area contributed by atoms with Crippen molar-refractivity contribution >= 4 is 0 Å². The van der Waals surface area contributed by atoms with Gasteiger partial charge in [0.15, 0.2) is 0 Å². The van der Waals surface area contributed by atoms with E-state index in [1.54, 1.807) is 0 Å². The van der Waals surface area contributed by atoms with Gasteiger partial charge in [0.05, 0.1) is 0 Å². The van der Waals surface area contributed by atoms with Crippen molar-refractivity contribution in [3.8, 4) is 0 Å². The zero-order valence-corrected chi connectivity index (χ0v) is 7.68. The number of hydrogen-bond donors (Lipinski definition) is 0. The molecule has 0 saturated carbocycles. The minimum Gasteiger partial charge on any atom is -0.577 e. The Kier molecular flexibility index (Phi) is 765. The molecule has 0 aromatic carbocycles. The molecule has 0 saturated heterocycles. The van der Waals surface area contributed by atoms with E-state index >= 15 is 0 Å². The summed E-state index contributed by atoms with van der Waals surface area (Å²) in [4.78, 5) is 7.25. The molecule has 0 fully saturated rings. The predicted molar refractivity (Wildman–Crippen MR) is 31.6 cm³/mol. The van der Waals surface area contributed by atoms with E-state index < -0.39 is 0 Å². The van der Waals surface area contributed by atoms with Gasteiger partial charge >= 0.3 is 19.5 Å². The fraction of sp³-hybridized carbons (Fsp3) is 0. The Labute approximate surface area is 89.6 Å². The van der Waals surface area contributed by atoms with Gasteiger partial charge in [0.1, 0.15) is 0 Å². The Morgan fingerprint density at radius 2 is 0.538 bits per heavy atom. The van der Waals surface area contributed by atoms with Gasteiger partial charge in [-0.1, -0.05) is 0 Å². The second-order valence-corrected chi connectivity index (χ2v) is 0. The molecule has 0 atom stereocenters. The molecule has 13 heavy (non-hydrogen) atoms. The summed E-state index contributed by atoms with van der Waals surface area (Å²) in [5.41, 5.74) is 5.75.